The second kappa shape index (κ2) is 36.6. The summed E-state index contributed by atoms with van der Waals surface area (Å²) in [6, 6.07) is 27.3. The molecule has 0 saturated carbocycles. The largest absolute Gasteiger partial charge is 0.466 e. The van der Waals surface area contributed by atoms with Crippen LogP contribution in [0.1, 0.15) is 173 Å². The molecule has 3 atom stereocenters. The van der Waals surface area contributed by atoms with E-state index in [2.05, 4.69) is 166 Å². The van der Waals surface area contributed by atoms with Gasteiger partial charge in [0.25, 0.3) is 0 Å². The van der Waals surface area contributed by atoms with Crippen molar-refractivity contribution >= 4 is 65.4 Å². The van der Waals surface area contributed by atoms with Gasteiger partial charge in [-0.25, -0.2) is 9.13 Å². The first kappa shape index (κ1) is 71.1. The maximum absolute atomic E-state index is 8.88. The zero-order valence-electron chi connectivity index (χ0n) is 52.8. The summed E-state index contributed by atoms with van der Waals surface area (Å²) in [6.45, 7) is 31.0. The number of anilines is 3. The zero-order valence-corrected chi connectivity index (χ0v) is 54.6. The highest BCUT2D eigenvalue weighted by Gasteiger charge is 2.23. The first-order valence-electron chi connectivity index (χ1n) is 31.9. The second-order valence-corrected chi connectivity index (χ2v) is 25.1. The topological polar surface area (TPSA) is 240 Å². The van der Waals surface area contributed by atoms with E-state index in [1.807, 2.05) is 0 Å². The van der Waals surface area contributed by atoms with E-state index in [4.69, 9.17) is 53.4 Å². The highest BCUT2D eigenvalue weighted by atomic mass is 31.2. The van der Waals surface area contributed by atoms with Gasteiger partial charge >= 0.3 is 15.6 Å². The minimum Gasteiger partial charge on any atom is -0.382 e. The van der Waals surface area contributed by atoms with E-state index in [0.717, 1.165) is 75.1 Å². The molecule has 9 rings (SSSR count). The number of benzene rings is 3. The number of hydrogen-bond acceptors (Lipinski definition) is 11. The van der Waals surface area contributed by atoms with Crippen LogP contribution in [0.4, 0.5) is 17.1 Å². The fourth-order valence-corrected chi connectivity index (χ4v) is 12.1. The zero-order chi connectivity index (χ0) is 61.9. The van der Waals surface area contributed by atoms with Crippen molar-refractivity contribution in [1.29, 1.82) is 0 Å². The normalized spacial score (nSPS) is 14.9. The first-order valence-corrected chi connectivity index (χ1v) is 35.1. The Labute approximate surface area is 508 Å². The third kappa shape index (κ3) is 24.5. The molecular weight excluding hydrogens is 1110 g/mol. The summed E-state index contributed by atoms with van der Waals surface area (Å²) >= 11 is 0. The minimum atomic E-state index is -4.64. The minimum absolute atomic E-state index is 0.493. The average molecular weight is 1210 g/mol. The number of para-hydroxylation sites is 3. The number of hydrogen-bond donors (Lipinski definition) is 9. The van der Waals surface area contributed by atoms with E-state index in [9.17, 15) is 0 Å². The molecule has 3 aliphatic rings. The molecule has 19 heteroatoms. The molecule has 17 nitrogen and oxygen atoms in total. The van der Waals surface area contributed by atoms with Crippen LogP contribution >= 0.6 is 15.6 Å². The summed E-state index contributed by atoms with van der Waals surface area (Å²) in [5.74, 6) is 0. The van der Waals surface area contributed by atoms with E-state index >= 15 is 0 Å². The van der Waals surface area contributed by atoms with E-state index in [-0.39, 0.29) is 0 Å². The predicted molar refractivity (Wildman–Crippen MR) is 354 cm³/mol. The Bertz CT molecular complexity index is 2710. The maximum atomic E-state index is 8.88. The highest BCUT2D eigenvalue weighted by Crippen LogP contribution is 2.37. The van der Waals surface area contributed by atoms with Gasteiger partial charge in [-0.05, 0) is 230 Å². The van der Waals surface area contributed by atoms with E-state index < -0.39 is 15.6 Å². The van der Waals surface area contributed by atoms with E-state index in [1.54, 1.807) is 0 Å². The van der Waals surface area contributed by atoms with Crippen molar-refractivity contribution in [2.75, 3.05) is 74.9 Å². The molecule has 0 fully saturated rings. The second-order valence-electron chi connectivity index (χ2n) is 23.1. The molecule has 3 aromatic carbocycles. The van der Waals surface area contributed by atoms with Gasteiger partial charge in [-0.1, -0.05) is 96.1 Å². The van der Waals surface area contributed by atoms with Crippen molar-refractivity contribution in [1.82, 2.24) is 29.7 Å². The summed E-state index contributed by atoms with van der Waals surface area (Å²) in [4.78, 5) is 65.5. The molecule has 0 radical (unpaired) electrons. The van der Waals surface area contributed by atoms with Crippen LogP contribution in [0.3, 0.4) is 0 Å². The van der Waals surface area contributed by atoms with Gasteiger partial charge in [0.05, 0.1) is 16.6 Å². The van der Waals surface area contributed by atoms with Gasteiger partial charge in [0.2, 0.25) is 0 Å². The van der Waals surface area contributed by atoms with Crippen molar-refractivity contribution in [2.45, 2.75) is 196 Å². The van der Waals surface area contributed by atoms with Gasteiger partial charge in [0.1, 0.15) is 0 Å². The van der Waals surface area contributed by atoms with Crippen LogP contribution in [0.5, 0.6) is 0 Å². The number of nitrogens with one attached hydrogen (secondary N) is 3. The van der Waals surface area contributed by atoms with Gasteiger partial charge < -0.3 is 60.0 Å². The summed E-state index contributed by atoms with van der Waals surface area (Å²) in [5.41, 5.74) is 15.9. The lowest BCUT2D eigenvalue weighted by Crippen LogP contribution is -2.26. The van der Waals surface area contributed by atoms with Crippen LogP contribution in [0, 0.1) is 0 Å². The number of aryl methyl sites for hydroxylation is 3. The van der Waals surface area contributed by atoms with Crippen LogP contribution < -0.4 is 16.0 Å². The number of pyridine rings is 3. The Morgan fingerprint density at radius 2 is 0.624 bits per heavy atom. The number of rotatable bonds is 24. The third-order valence-corrected chi connectivity index (χ3v) is 16.7. The lowest BCUT2D eigenvalue weighted by atomic mass is 9.92. The third-order valence-electron chi connectivity index (χ3n) is 16.7. The van der Waals surface area contributed by atoms with Gasteiger partial charge in [0, 0.05) is 68.4 Å². The van der Waals surface area contributed by atoms with Crippen LogP contribution in [-0.2, 0) is 47.7 Å². The van der Waals surface area contributed by atoms with Crippen LogP contribution in [0.2, 0.25) is 0 Å². The first-order chi connectivity index (χ1) is 40.7. The summed E-state index contributed by atoms with van der Waals surface area (Å²) in [7, 11) is -9.28. The Kier molecular flexibility index (Phi) is 30.7. The summed E-state index contributed by atoms with van der Waals surface area (Å²) in [5, 5.41) is 15.5. The Balaban J connectivity index is 0.000000215. The average Bonchev–Trinajstić information content (AvgIpc) is 3.01. The summed E-state index contributed by atoms with van der Waals surface area (Å²) in [6.07, 6.45) is 22.0. The molecule has 0 spiro atoms. The molecule has 0 saturated heterocycles. The molecule has 0 aliphatic heterocycles. The molecule has 3 unspecified atom stereocenters. The quantitative estimate of drug-likeness (QED) is 0.0256. The lowest BCUT2D eigenvalue weighted by Gasteiger charge is -2.25. The lowest BCUT2D eigenvalue weighted by molar-refractivity contribution is 0.272. The van der Waals surface area contributed by atoms with E-state index in [0.29, 0.717) is 18.1 Å². The Morgan fingerprint density at radius 3 is 0.859 bits per heavy atom. The van der Waals surface area contributed by atoms with Crippen molar-refractivity contribution in [3.8, 4) is 0 Å². The van der Waals surface area contributed by atoms with Crippen molar-refractivity contribution < 1.29 is 38.5 Å². The number of phosphoric acid groups is 2. The monoisotopic (exact) mass is 1210 g/mol. The molecule has 3 aliphatic carbocycles. The molecule has 0 bridgehead atoms. The number of aromatic nitrogens is 3. The van der Waals surface area contributed by atoms with Crippen LogP contribution in [0.25, 0.3) is 32.7 Å². The van der Waals surface area contributed by atoms with Gasteiger partial charge in [-0.2, -0.15) is 0 Å². The molecule has 3 heterocycles. The summed E-state index contributed by atoms with van der Waals surface area (Å²) < 4.78 is 17.8. The standard InChI is InChI=1S/3C22H33N3.2H3O4P/c3*1-4-25(5-2)16-10-11-17(3)23-22-18-12-6-8-14-20(18)24-21-15-9-7-13-19(21)22;2*1-5(2,3)4/h3*6,8,12,14,17H,4-5,7,9-11,13,15-16H2,1-3H3,(H,23,24);2*(H3,1,2,3,4). The molecule has 85 heavy (non-hydrogen) atoms. The molecular formula is C66H105N9O8P2. The number of fused-ring (bicyclic) bond motifs is 6. The molecule has 472 valence electrons. The molecule has 9 N–H and O–H groups in total. The SMILES string of the molecule is CCN(CC)CCCC(C)Nc1c2c(nc3ccccc13)CCCC2.CCN(CC)CCCC(C)Nc1c2c(nc3ccccc13)CCCC2.CCN(CC)CCCC(C)Nc1c2c(nc3ccccc13)CCCC2.O=P(O)(O)O.O=P(O)(O)O. The highest BCUT2D eigenvalue weighted by molar-refractivity contribution is 7.45. The van der Waals surface area contributed by atoms with Crippen molar-refractivity contribution in [3.05, 3.63) is 107 Å². The smallest absolute Gasteiger partial charge is 0.382 e. The molecule has 6 aromatic rings. The number of nitrogens with zero attached hydrogens (tertiary/aromatic N) is 6. The van der Waals surface area contributed by atoms with Gasteiger partial charge in [-0.3, -0.25) is 15.0 Å². The van der Waals surface area contributed by atoms with Gasteiger partial charge in [-0.15, -0.1) is 0 Å². The maximum Gasteiger partial charge on any atom is 0.466 e. The fourth-order valence-electron chi connectivity index (χ4n) is 12.1. The van der Waals surface area contributed by atoms with Crippen molar-refractivity contribution in [3.63, 3.8) is 0 Å². The van der Waals surface area contributed by atoms with Gasteiger partial charge in [0.15, 0.2) is 0 Å². The molecule has 0 amide bonds. The Hall–Kier alpha value is -4.61. The van der Waals surface area contributed by atoms with Crippen LogP contribution in [-0.4, -0.2) is 136 Å². The fraction of sp³-hybridized carbons (Fsp3) is 0.591. The van der Waals surface area contributed by atoms with Crippen LogP contribution in [0.15, 0.2) is 72.8 Å². The Morgan fingerprint density at radius 1 is 0.400 bits per heavy atom. The van der Waals surface area contributed by atoms with E-state index in [1.165, 1.54) is 183 Å². The van der Waals surface area contributed by atoms with Crippen molar-refractivity contribution in [2.24, 2.45) is 0 Å². The molecule has 3 aromatic heterocycles. The predicted octanol–water partition coefficient (Wildman–Crippen LogP) is 13.3.